The molecule has 0 saturated heterocycles. The Kier molecular flexibility index (Phi) is 3.55. The van der Waals surface area contributed by atoms with Crippen molar-refractivity contribution in [2.24, 2.45) is 7.05 Å². The van der Waals surface area contributed by atoms with Gasteiger partial charge in [-0.25, -0.2) is 9.07 Å². The Morgan fingerprint density at radius 2 is 1.67 bits per heavy atom. The summed E-state index contributed by atoms with van der Waals surface area (Å²) in [5.74, 6) is 0.379. The Hall–Kier alpha value is -2.82. The van der Waals surface area contributed by atoms with Crippen molar-refractivity contribution >= 4 is 11.6 Å². The summed E-state index contributed by atoms with van der Waals surface area (Å²) in [5.41, 5.74) is 2.87. The standard InChI is InChI=1S/C16H13FN4/c1-21-16(18-19-20-21)11-15(12-5-3-2-4-6-12)13-7-9-14(17)10-8-13/h2-11H,1H3/b15-11+. The second kappa shape index (κ2) is 5.66. The van der Waals surface area contributed by atoms with Crippen molar-refractivity contribution in [3.63, 3.8) is 0 Å². The molecular weight excluding hydrogens is 267 g/mol. The monoisotopic (exact) mass is 280 g/mol. The molecule has 0 fully saturated rings. The van der Waals surface area contributed by atoms with Crippen LogP contribution in [0.3, 0.4) is 0 Å². The van der Waals surface area contributed by atoms with Crippen LogP contribution >= 0.6 is 0 Å². The Balaban J connectivity index is 2.14. The molecule has 0 N–H and O–H groups in total. The van der Waals surface area contributed by atoms with Crippen LogP contribution in [0.4, 0.5) is 4.39 Å². The largest absolute Gasteiger partial charge is 0.229 e. The zero-order valence-corrected chi connectivity index (χ0v) is 11.4. The van der Waals surface area contributed by atoms with Crippen molar-refractivity contribution in [2.75, 3.05) is 0 Å². The predicted octanol–water partition coefficient (Wildman–Crippen LogP) is 2.94. The van der Waals surface area contributed by atoms with Crippen molar-refractivity contribution in [3.8, 4) is 0 Å². The molecule has 4 nitrogen and oxygen atoms in total. The molecule has 0 spiro atoms. The van der Waals surface area contributed by atoms with Crippen molar-refractivity contribution in [1.29, 1.82) is 0 Å². The minimum absolute atomic E-state index is 0.258. The maximum Gasteiger partial charge on any atom is 0.175 e. The molecule has 104 valence electrons. The molecule has 0 atom stereocenters. The molecule has 0 bridgehead atoms. The first kappa shape index (κ1) is 13.2. The van der Waals surface area contributed by atoms with Crippen LogP contribution in [0.5, 0.6) is 0 Å². The van der Waals surface area contributed by atoms with Crippen LogP contribution < -0.4 is 0 Å². The van der Waals surface area contributed by atoms with Gasteiger partial charge in [-0.2, -0.15) is 0 Å². The van der Waals surface area contributed by atoms with Gasteiger partial charge in [0, 0.05) is 7.05 Å². The van der Waals surface area contributed by atoms with Crippen LogP contribution in [0, 0.1) is 5.82 Å². The first-order valence-electron chi connectivity index (χ1n) is 6.49. The number of aromatic nitrogens is 4. The molecular formula is C16H13FN4. The van der Waals surface area contributed by atoms with Crippen LogP contribution in [0.2, 0.25) is 0 Å². The number of aryl methyl sites for hydroxylation is 1. The molecule has 0 aliphatic heterocycles. The van der Waals surface area contributed by atoms with Gasteiger partial charge in [0.1, 0.15) is 5.82 Å². The smallest absolute Gasteiger partial charge is 0.175 e. The summed E-state index contributed by atoms with van der Waals surface area (Å²) >= 11 is 0. The van der Waals surface area contributed by atoms with Crippen LogP contribution in [0.15, 0.2) is 54.6 Å². The van der Waals surface area contributed by atoms with E-state index in [4.69, 9.17) is 0 Å². The fourth-order valence-corrected chi connectivity index (χ4v) is 2.07. The van der Waals surface area contributed by atoms with E-state index in [2.05, 4.69) is 15.5 Å². The lowest BCUT2D eigenvalue weighted by molar-refractivity contribution is 0.627. The topological polar surface area (TPSA) is 43.6 Å². The van der Waals surface area contributed by atoms with Gasteiger partial charge in [0.15, 0.2) is 5.82 Å². The Morgan fingerprint density at radius 3 is 2.29 bits per heavy atom. The second-order valence-electron chi connectivity index (χ2n) is 4.59. The predicted molar refractivity (Wildman–Crippen MR) is 78.6 cm³/mol. The van der Waals surface area contributed by atoms with E-state index in [1.807, 2.05) is 36.4 Å². The minimum Gasteiger partial charge on any atom is -0.229 e. The maximum atomic E-state index is 13.1. The number of benzene rings is 2. The number of halogens is 1. The molecule has 0 amide bonds. The first-order chi connectivity index (χ1) is 10.2. The average molecular weight is 280 g/mol. The zero-order chi connectivity index (χ0) is 14.7. The van der Waals surface area contributed by atoms with Gasteiger partial charge in [-0.15, -0.1) is 5.10 Å². The molecule has 0 saturated carbocycles. The van der Waals surface area contributed by atoms with E-state index in [0.717, 1.165) is 16.7 Å². The number of nitrogens with zero attached hydrogens (tertiary/aromatic N) is 4. The van der Waals surface area contributed by atoms with Crippen LogP contribution in [0.1, 0.15) is 17.0 Å². The molecule has 1 heterocycles. The highest BCUT2D eigenvalue weighted by Crippen LogP contribution is 2.25. The highest BCUT2D eigenvalue weighted by atomic mass is 19.1. The molecule has 0 aliphatic rings. The van der Waals surface area contributed by atoms with Crippen molar-refractivity contribution in [3.05, 3.63) is 77.4 Å². The first-order valence-corrected chi connectivity index (χ1v) is 6.49. The van der Waals surface area contributed by atoms with Crippen LogP contribution in [0.25, 0.3) is 11.6 Å². The number of tetrazole rings is 1. The van der Waals surface area contributed by atoms with Gasteiger partial charge in [0.05, 0.1) is 0 Å². The van der Waals surface area contributed by atoms with Gasteiger partial charge in [-0.3, -0.25) is 0 Å². The second-order valence-corrected chi connectivity index (χ2v) is 4.59. The lowest BCUT2D eigenvalue weighted by Gasteiger charge is -2.08. The molecule has 3 rings (SSSR count). The van der Waals surface area contributed by atoms with E-state index in [-0.39, 0.29) is 5.82 Å². The summed E-state index contributed by atoms with van der Waals surface area (Å²) in [7, 11) is 1.78. The molecule has 0 unspecified atom stereocenters. The zero-order valence-electron chi connectivity index (χ0n) is 11.4. The molecule has 3 aromatic rings. The third kappa shape index (κ3) is 2.86. The van der Waals surface area contributed by atoms with E-state index in [1.54, 1.807) is 23.9 Å². The molecule has 21 heavy (non-hydrogen) atoms. The van der Waals surface area contributed by atoms with E-state index in [9.17, 15) is 4.39 Å². The minimum atomic E-state index is -0.258. The SMILES string of the molecule is Cn1nnnc1/C=C(\c1ccccc1)c1ccc(F)cc1. The third-order valence-corrected chi connectivity index (χ3v) is 3.17. The van der Waals surface area contributed by atoms with Gasteiger partial charge < -0.3 is 0 Å². The maximum absolute atomic E-state index is 13.1. The van der Waals surface area contributed by atoms with E-state index in [1.165, 1.54) is 12.1 Å². The quantitative estimate of drug-likeness (QED) is 0.741. The number of hydrogen-bond acceptors (Lipinski definition) is 3. The number of rotatable bonds is 3. The number of hydrogen-bond donors (Lipinski definition) is 0. The summed E-state index contributed by atoms with van der Waals surface area (Å²) in [6.07, 6.45) is 1.89. The Bertz CT molecular complexity index is 760. The van der Waals surface area contributed by atoms with Gasteiger partial charge in [0.2, 0.25) is 0 Å². The Labute approximate surface area is 121 Å². The van der Waals surface area contributed by atoms with Crippen molar-refractivity contribution < 1.29 is 4.39 Å². The van der Waals surface area contributed by atoms with Crippen molar-refractivity contribution in [1.82, 2.24) is 20.2 Å². The van der Waals surface area contributed by atoms with Crippen molar-refractivity contribution in [2.45, 2.75) is 0 Å². The highest BCUT2D eigenvalue weighted by Gasteiger charge is 2.08. The van der Waals surface area contributed by atoms with Gasteiger partial charge in [-0.1, -0.05) is 42.5 Å². The van der Waals surface area contributed by atoms with E-state index in [0.29, 0.717) is 5.82 Å². The third-order valence-electron chi connectivity index (χ3n) is 3.17. The summed E-state index contributed by atoms with van der Waals surface area (Å²) < 4.78 is 14.7. The fourth-order valence-electron chi connectivity index (χ4n) is 2.07. The molecule has 1 aromatic heterocycles. The summed E-state index contributed by atoms with van der Waals surface area (Å²) in [6.45, 7) is 0. The summed E-state index contributed by atoms with van der Waals surface area (Å²) in [6, 6.07) is 16.3. The van der Waals surface area contributed by atoms with E-state index < -0.39 is 0 Å². The summed E-state index contributed by atoms with van der Waals surface area (Å²) in [5, 5.41) is 11.4. The normalized spacial score (nSPS) is 11.6. The molecule has 2 aromatic carbocycles. The molecule has 5 heteroatoms. The lowest BCUT2D eigenvalue weighted by Crippen LogP contribution is -1.96. The molecule has 0 radical (unpaired) electrons. The highest BCUT2D eigenvalue weighted by molar-refractivity contribution is 5.90. The van der Waals surface area contributed by atoms with Crippen LogP contribution in [-0.4, -0.2) is 20.2 Å². The van der Waals surface area contributed by atoms with Crippen LogP contribution in [-0.2, 0) is 7.05 Å². The van der Waals surface area contributed by atoms with Gasteiger partial charge in [-0.05, 0) is 45.3 Å². The average Bonchev–Trinajstić information content (AvgIpc) is 2.92. The van der Waals surface area contributed by atoms with E-state index >= 15 is 0 Å². The molecule has 0 aliphatic carbocycles. The lowest BCUT2D eigenvalue weighted by atomic mass is 9.97. The fraction of sp³-hybridized carbons (Fsp3) is 0.0625. The summed E-state index contributed by atoms with van der Waals surface area (Å²) in [4.78, 5) is 0. The Morgan fingerprint density at radius 1 is 1.00 bits per heavy atom. The van der Waals surface area contributed by atoms with Gasteiger partial charge >= 0.3 is 0 Å². The van der Waals surface area contributed by atoms with Gasteiger partial charge in [0.25, 0.3) is 0 Å².